The van der Waals surface area contributed by atoms with Crippen molar-refractivity contribution < 1.29 is 9.47 Å². The van der Waals surface area contributed by atoms with E-state index in [9.17, 15) is 0 Å². The van der Waals surface area contributed by atoms with E-state index in [4.69, 9.17) is 21.1 Å². The predicted octanol–water partition coefficient (Wildman–Crippen LogP) is 3.41. The summed E-state index contributed by atoms with van der Waals surface area (Å²) >= 11 is 6.07. The van der Waals surface area contributed by atoms with Gasteiger partial charge in [-0.05, 0) is 19.5 Å². The second kappa shape index (κ2) is 7.29. The van der Waals surface area contributed by atoms with Crippen LogP contribution in [-0.4, -0.2) is 19.8 Å². The van der Waals surface area contributed by atoms with Crippen LogP contribution in [0.2, 0.25) is 5.02 Å². The molecule has 1 aromatic rings. The second-order valence-electron chi connectivity index (χ2n) is 3.94. The summed E-state index contributed by atoms with van der Waals surface area (Å²) in [6.45, 7) is 9.26. The highest BCUT2D eigenvalue weighted by Crippen LogP contribution is 2.35. The van der Waals surface area contributed by atoms with Crippen molar-refractivity contribution in [2.24, 2.45) is 0 Å². The first-order chi connectivity index (χ1) is 8.62. The highest BCUT2D eigenvalue weighted by atomic mass is 35.5. The molecule has 0 aliphatic heterocycles. The van der Waals surface area contributed by atoms with Gasteiger partial charge >= 0.3 is 0 Å². The third-order valence-electron chi connectivity index (χ3n) is 2.52. The average molecular weight is 270 g/mol. The normalized spacial score (nSPS) is 12.0. The second-order valence-corrected chi connectivity index (χ2v) is 4.37. The third-order valence-corrected chi connectivity index (χ3v) is 2.74. The van der Waals surface area contributed by atoms with Crippen LogP contribution >= 0.6 is 11.6 Å². The maximum absolute atomic E-state index is 6.07. The van der Waals surface area contributed by atoms with Crippen LogP contribution in [0.4, 0.5) is 0 Å². The quantitative estimate of drug-likeness (QED) is 0.770. The summed E-state index contributed by atoms with van der Waals surface area (Å²) in [6.07, 6.45) is 1.66. The van der Waals surface area contributed by atoms with Crippen molar-refractivity contribution in [1.29, 1.82) is 0 Å². The zero-order chi connectivity index (χ0) is 13.5. The fourth-order valence-electron chi connectivity index (χ4n) is 1.53. The molecule has 1 rings (SSSR count). The van der Waals surface area contributed by atoms with Gasteiger partial charge in [-0.2, -0.15) is 0 Å². The Bertz CT molecular complexity index is 407. The Morgan fingerprint density at radius 1 is 1.50 bits per heavy atom. The van der Waals surface area contributed by atoms with Crippen LogP contribution in [-0.2, 0) is 6.54 Å². The van der Waals surface area contributed by atoms with Crippen molar-refractivity contribution in [3.63, 3.8) is 0 Å². The van der Waals surface area contributed by atoms with Gasteiger partial charge in [-0.15, -0.1) is 0 Å². The summed E-state index contributed by atoms with van der Waals surface area (Å²) in [5, 5.41) is 3.89. The summed E-state index contributed by atoms with van der Waals surface area (Å²) in [4.78, 5) is 0. The van der Waals surface area contributed by atoms with Crippen LogP contribution in [0.1, 0.15) is 19.4 Å². The standard InChI is InChI=1S/C14H20ClNO2/c1-5-10(3)18-14-11(9-16-6-2)7-12(15)8-13(14)17-4/h5,7-8,10,16H,1,6,9H2,2-4H3. The molecule has 0 amide bonds. The van der Waals surface area contributed by atoms with Crippen molar-refractivity contribution in [2.45, 2.75) is 26.5 Å². The molecule has 0 aliphatic carbocycles. The van der Waals surface area contributed by atoms with E-state index in [1.165, 1.54) is 0 Å². The topological polar surface area (TPSA) is 30.5 Å². The van der Waals surface area contributed by atoms with E-state index >= 15 is 0 Å². The summed E-state index contributed by atoms with van der Waals surface area (Å²) in [6, 6.07) is 3.64. The summed E-state index contributed by atoms with van der Waals surface area (Å²) < 4.78 is 11.1. The molecular formula is C14H20ClNO2. The zero-order valence-electron chi connectivity index (χ0n) is 11.1. The fourth-order valence-corrected chi connectivity index (χ4v) is 1.76. The molecule has 0 heterocycles. The number of nitrogens with one attached hydrogen (secondary N) is 1. The highest BCUT2D eigenvalue weighted by molar-refractivity contribution is 6.30. The molecule has 1 N–H and O–H groups in total. The Balaban J connectivity index is 3.10. The predicted molar refractivity (Wildman–Crippen MR) is 75.7 cm³/mol. The van der Waals surface area contributed by atoms with E-state index in [0.717, 1.165) is 17.9 Å². The molecule has 0 aromatic heterocycles. The largest absolute Gasteiger partial charge is 0.493 e. The third kappa shape index (κ3) is 3.93. The number of hydrogen-bond acceptors (Lipinski definition) is 3. The van der Waals surface area contributed by atoms with Crippen molar-refractivity contribution in [1.82, 2.24) is 5.32 Å². The molecule has 0 radical (unpaired) electrons. The number of methoxy groups -OCH3 is 1. The van der Waals surface area contributed by atoms with Gasteiger partial charge in [-0.3, -0.25) is 0 Å². The Kier molecular flexibility index (Phi) is 6.02. The molecule has 18 heavy (non-hydrogen) atoms. The smallest absolute Gasteiger partial charge is 0.166 e. The van der Waals surface area contributed by atoms with Crippen LogP contribution in [0.5, 0.6) is 11.5 Å². The molecule has 0 saturated heterocycles. The first-order valence-corrected chi connectivity index (χ1v) is 6.36. The molecular weight excluding hydrogens is 250 g/mol. The Labute approximate surface area is 114 Å². The van der Waals surface area contributed by atoms with E-state index in [-0.39, 0.29) is 6.10 Å². The van der Waals surface area contributed by atoms with Gasteiger partial charge in [-0.1, -0.05) is 31.2 Å². The minimum absolute atomic E-state index is 0.0829. The van der Waals surface area contributed by atoms with Crippen LogP contribution in [0.15, 0.2) is 24.8 Å². The van der Waals surface area contributed by atoms with E-state index in [1.54, 1.807) is 19.3 Å². The summed E-state index contributed by atoms with van der Waals surface area (Å²) in [5.41, 5.74) is 0.981. The Hall–Kier alpha value is -1.19. The number of benzene rings is 1. The molecule has 3 nitrogen and oxygen atoms in total. The van der Waals surface area contributed by atoms with Gasteiger partial charge < -0.3 is 14.8 Å². The minimum atomic E-state index is -0.0829. The molecule has 0 fully saturated rings. The van der Waals surface area contributed by atoms with Crippen molar-refractivity contribution in [3.8, 4) is 11.5 Å². The first-order valence-electron chi connectivity index (χ1n) is 5.98. The highest BCUT2D eigenvalue weighted by Gasteiger charge is 2.14. The molecule has 4 heteroatoms. The molecule has 0 saturated carbocycles. The average Bonchev–Trinajstić information content (AvgIpc) is 2.37. The number of rotatable bonds is 7. The van der Waals surface area contributed by atoms with E-state index < -0.39 is 0 Å². The van der Waals surface area contributed by atoms with E-state index in [2.05, 4.69) is 18.8 Å². The van der Waals surface area contributed by atoms with Crippen LogP contribution in [0.25, 0.3) is 0 Å². The van der Waals surface area contributed by atoms with Gasteiger partial charge in [0, 0.05) is 23.2 Å². The molecule has 1 aromatic carbocycles. The Morgan fingerprint density at radius 2 is 2.22 bits per heavy atom. The summed E-state index contributed by atoms with van der Waals surface area (Å²) in [5.74, 6) is 1.36. The lowest BCUT2D eigenvalue weighted by Crippen LogP contribution is -2.15. The van der Waals surface area contributed by atoms with Gasteiger partial charge in [0.15, 0.2) is 11.5 Å². The SMILES string of the molecule is C=CC(C)Oc1c(CNCC)cc(Cl)cc1OC. The number of ether oxygens (including phenoxy) is 2. The number of halogens is 1. The Morgan fingerprint density at radius 3 is 2.78 bits per heavy atom. The fraction of sp³-hybridized carbons (Fsp3) is 0.429. The maximum atomic E-state index is 6.07. The van der Waals surface area contributed by atoms with Crippen LogP contribution in [0, 0.1) is 0 Å². The lowest BCUT2D eigenvalue weighted by molar-refractivity contribution is 0.251. The van der Waals surface area contributed by atoms with E-state index in [1.807, 2.05) is 13.0 Å². The van der Waals surface area contributed by atoms with Gasteiger partial charge in [0.1, 0.15) is 6.10 Å². The lowest BCUT2D eigenvalue weighted by Gasteiger charge is -2.18. The molecule has 0 spiro atoms. The van der Waals surface area contributed by atoms with Gasteiger partial charge in [-0.25, -0.2) is 0 Å². The maximum Gasteiger partial charge on any atom is 0.166 e. The molecule has 100 valence electrons. The molecule has 0 bridgehead atoms. The minimum Gasteiger partial charge on any atom is -0.493 e. The van der Waals surface area contributed by atoms with Crippen LogP contribution < -0.4 is 14.8 Å². The first kappa shape index (κ1) is 14.9. The molecule has 1 atom stereocenters. The van der Waals surface area contributed by atoms with Gasteiger partial charge in [0.25, 0.3) is 0 Å². The monoisotopic (exact) mass is 269 g/mol. The lowest BCUT2D eigenvalue weighted by atomic mass is 10.1. The molecule has 1 unspecified atom stereocenters. The van der Waals surface area contributed by atoms with Gasteiger partial charge in [0.2, 0.25) is 0 Å². The van der Waals surface area contributed by atoms with Crippen molar-refractivity contribution in [2.75, 3.05) is 13.7 Å². The molecule has 0 aliphatic rings. The summed E-state index contributed by atoms with van der Waals surface area (Å²) in [7, 11) is 1.61. The zero-order valence-corrected chi connectivity index (χ0v) is 11.9. The van der Waals surface area contributed by atoms with E-state index in [0.29, 0.717) is 17.3 Å². The van der Waals surface area contributed by atoms with Crippen molar-refractivity contribution >= 4 is 11.6 Å². The number of hydrogen-bond donors (Lipinski definition) is 1. The van der Waals surface area contributed by atoms with Crippen LogP contribution in [0.3, 0.4) is 0 Å². The van der Waals surface area contributed by atoms with Crippen molar-refractivity contribution in [3.05, 3.63) is 35.4 Å². The van der Waals surface area contributed by atoms with Gasteiger partial charge in [0.05, 0.1) is 7.11 Å².